The molecule has 0 aromatic carbocycles. The van der Waals surface area contributed by atoms with Gasteiger partial charge in [-0.2, -0.15) is 0 Å². The lowest BCUT2D eigenvalue weighted by atomic mass is 10.2. The summed E-state index contributed by atoms with van der Waals surface area (Å²) in [5.74, 6) is 5.95. The molecule has 84 valence electrons. The van der Waals surface area contributed by atoms with E-state index in [4.69, 9.17) is 10.6 Å². The third kappa shape index (κ3) is 3.07. The van der Waals surface area contributed by atoms with E-state index in [0.717, 1.165) is 5.69 Å². The number of rotatable bonds is 5. The molecule has 1 atom stereocenters. The van der Waals surface area contributed by atoms with Crippen LogP contribution in [0.25, 0.3) is 0 Å². The number of hydrazine groups is 1. The van der Waals surface area contributed by atoms with Crippen LogP contribution in [0.3, 0.4) is 0 Å². The van der Waals surface area contributed by atoms with Gasteiger partial charge >= 0.3 is 0 Å². The highest BCUT2D eigenvalue weighted by Gasteiger charge is 2.09. The van der Waals surface area contributed by atoms with Crippen molar-refractivity contribution >= 4 is 11.5 Å². The maximum atomic E-state index is 5.30. The molecule has 0 amide bonds. The van der Waals surface area contributed by atoms with Gasteiger partial charge in [0.05, 0.1) is 6.61 Å². The lowest BCUT2D eigenvalue weighted by molar-refractivity contribution is 0.183. The second kappa shape index (κ2) is 5.53. The first-order valence-electron chi connectivity index (χ1n) is 4.83. The third-order valence-electron chi connectivity index (χ3n) is 2.37. The number of nitrogens with two attached hydrogens (primary N) is 1. The quantitative estimate of drug-likeness (QED) is 0.557. The van der Waals surface area contributed by atoms with Crippen LogP contribution in [0, 0.1) is 0 Å². The van der Waals surface area contributed by atoms with Crippen LogP contribution in [-0.4, -0.2) is 31.8 Å². The Labute approximate surface area is 90.2 Å². The van der Waals surface area contributed by atoms with Gasteiger partial charge in [0.2, 0.25) is 0 Å². The number of hydrogen-bond acceptors (Lipinski definition) is 5. The summed E-state index contributed by atoms with van der Waals surface area (Å²) < 4.78 is 5.11. The van der Waals surface area contributed by atoms with Crippen molar-refractivity contribution in [2.45, 2.75) is 13.0 Å². The molecule has 1 unspecified atom stereocenters. The molecule has 1 rings (SSSR count). The van der Waals surface area contributed by atoms with E-state index in [1.54, 1.807) is 13.3 Å². The average Bonchev–Trinajstić information content (AvgIpc) is 2.28. The minimum Gasteiger partial charge on any atom is -0.383 e. The second-order valence-electron chi connectivity index (χ2n) is 3.46. The molecule has 15 heavy (non-hydrogen) atoms. The molecule has 0 fully saturated rings. The molecule has 1 aromatic rings. The van der Waals surface area contributed by atoms with E-state index >= 15 is 0 Å². The van der Waals surface area contributed by atoms with Crippen LogP contribution >= 0.6 is 0 Å². The summed E-state index contributed by atoms with van der Waals surface area (Å²) in [6.45, 7) is 2.78. The van der Waals surface area contributed by atoms with Gasteiger partial charge in [-0.25, -0.2) is 10.8 Å². The van der Waals surface area contributed by atoms with Gasteiger partial charge in [-0.05, 0) is 13.0 Å². The van der Waals surface area contributed by atoms with Gasteiger partial charge in [0.1, 0.15) is 5.82 Å². The predicted octanol–water partition coefficient (Wildman–Crippen LogP) is 0.838. The first-order valence-corrected chi connectivity index (χ1v) is 4.83. The average molecular weight is 210 g/mol. The lowest BCUT2D eigenvalue weighted by Crippen LogP contribution is -2.32. The van der Waals surface area contributed by atoms with Gasteiger partial charge in [0.25, 0.3) is 0 Å². The smallest absolute Gasteiger partial charge is 0.141 e. The van der Waals surface area contributed by atoms with Gasteiger partial charge in [-0.3, -0.25) is 0 Å². The molecule has 3 N–H and O–H groups in total. The summed E-state index contributed by atoms with van der Waals surface area (Å²) >= 11 is 0. The van der Waals surface area contributed by atoms with E-state index < -0.39 is 0 Å². The molecule has 0 saturated heterocycles. The highest BCUT2D eigenvalue weighted by Crippen LogP contribution is 2.17. The van der Waals surface area contributed by atoms with Crippen LogP contribution in [0.5, 0.6) is 0 Å². The first kappa shape index (κ1) is 11.7. The number of anilines is 2. The van der Waals surface area contributed by atoms with Crippen LogP contribution in [0.1, 0.15) is 6.92 Å². The molecule has 0 bridgehead atoms. The van der Waals surface area contributed by atoms with Crippen molar-refractivity contribution in [3.8, 4) is 0 Å². The van der Waals surface area contributed by atoms with Crippen LogP contribution in [0.4, 0.5) is 11.5 Å². The highest BCUT2D eigenvalue weighted by atomic mass is 16.5. The zero-order valence-corrected chi connectivity index (χ0v) is 9.40. The number of ether oxygens (including phenoxy) is 1. The van der Waals surface area contributed by atoms with Crippen molar-refractivity contribution in [3.05, 3.63) is 18.3 Å². The van der Waals surface area contributed by atoms with Gasteiger partial charge in [-0.1, -0.05) is 0 Å². The Bertz CT molecular complexity index is 305. The second-order valence-corrected chi connectivity index (χ2v) is 3.46. The number of nitrogen functional groups attached to an aromatic ring is 1. The van der Waals surface area contributed by atoms with Crippen molar-refractivity contribution in [1.82, 2.24) is 4.98 Å². The number of hydrogen-bond donors (Lipinski definition) is 2. The Kier molecular flexibility index (Phi) is 4.33. The molecule has 5 heteroatoms. The van der Waals surface area contributed by atoms with E-state index in [9.17, 15) is 0 Å². The highest BCUT2D eigenvalue weighted by molar-refractivity contribution is 5.53. The standard InChI is InChI=1S/C10H18N4O/c1-8(7-15-3)14(2)9-4-5-12-10(6-9)13-11/h4-6,8H,7,11H2,1-3H3,(H,12,13). The molecule has 0 radical (unpaired) electrons. The summed E-state index contributed by atoms with van der Waals surface area (Å²) in [4.78, 5) is 6.17. The fourth-order valence-electron chi connectivity index (χ4n) is 1.33. The summed E-state index contributed by atoms with van der Waals surface area (Å²) in [7, 11) is 3.71. The van der Waals surface area contributed by atoms with E-state index in [2.05, 4.69) is 22.2 Å². The SMILES string of the molecule is COCC(C)N(C)c1ccnc(NN)c1. The Morgan fingerprint density at radius 1 is 1.67 bits per heavy atom. The van der Waals surface area contributed by atoms with Crippen LogP contribution < -0.4 is 16.2 Å². The molecule has 0 spiro atoms. The minimum atomic E-state index is 0.308. The Morgan fingerprint density at radius 2 is 2.40 bits per heavy atom. The first-order chi connectivity index (χ1) is 7.19. The van der Waals surface area contributed by atoms with Crippen molar-refractivity contribution in [2.75, 3.05) is 31.1 Å². The van der Waals surface area contributed by atoms with Crippen LogP contribution in [0.15, 0.2) is 18.3 Å². The zero-order valence-electron chi connectivity index (χ0n) is 9.40. The van der Waals surface area contributed by atoms with E-state index in [-0.39, 0.29) is 0 Å². The van der Waals surface area contributed by atoms with Gasteiger partial charge in [-0.15, -0.1) is 0 Å². The number of aromatic nitrogens is 1. The summed E-state index contributed by atoms with van der Waals surface area (Å²) in [5, 5.41) is 0. The molecule has 0 aliphatic heterocycles. The third-order valence-corrected chi connectivity index (χ3v) is 2.37. The van der Waals surface area contributed by atoms with Crippen LogP contribution in [0.2, 0.25) is 0 Å². The molecule has 1 heterocycles. The number of nitrogens with one attached hydrogen (secondary N) is 1. The molecule has 0 aliphatic carbocycles. The fraction of sp³-hybridized carbons (Fsp3) is 0.500. The van der Waals surface area contributed by atoms with E-state index in [0.29, 0.717) is 18.5 Å². The number of pyridine rings is 1. The summed E-state index contributed by atoms with van der Waals surface area (Å²) in [6.07, 6.45) is 1.72. The number of nitrogens with zero attached hydrogens (tertiary/aromatic N) is 2. The topological polar surface area (TPSA) is 63.4 Å². The molecule has 0 aliphatic rings. The minimum absolute atomic E-state index is 0.308. The van der Waals surface area contributed by atoms with Gasteiger partial charge < -0.3 is 15.1 Å². The molecule has 0 saturated carbocycles. The van der Waals surface area contributed by atoms with Gasteiger partial charge in [0, 0.05) is 38.1 Å². The maximum absolute atomic E-state index is 5.30. The van der Waals surface area contributed by atoms with Crippen molar-refractivity contribution < 1.29 is 4.74 Å². The van der Waals surface area contributed by atoms with E-state index in [1.165, 1.54) is 0 Å². The van der Waals surface area contributed by atoms with Gasteiger partial charge in [0.15, 0.2) is 0 Å². The zero-order chi connectivity index (χ0) is 11.3. The van der Waals surface area contributed by atoms with Crippen molar-refractivity contribution in [3.63, 3.8) is 0 Å². The summed E-state index contributed by atoms with van der Waals surface area (Å²) in [5.41, 5.74) is 3.58. The van der Waals surface area contributed by atoms with Crippen molar-refractivity contribution in [1.29, 1.82) is 0 Å². The monoisotopic (exact) mass is 210 g/mol. The Balaban J connectivity index is 2.76. The molecular formula is C10H18N4O. The summed E-state index contributed by atoms with van der Waals surface area (Å²) in [6, 6.07) is 4.14. The maximum Gasteiger partial charge on any atom is 0.141 e. The van der Waals surface area contributed by atoms with E-state index in [1.807, 2.05) is 19.2 Å². The molecule has 5 nitrogen and oxygen atoms in total. The lowest BCUT2D eigenvalue weighted by Gasteiger charge is -2.26. The molecular weight excluding hydrogens is 192 g/mol. The van der Waals surface area contributed by atoms with Crippen molar-refractivity contribution in [2.24, 2.45) is 5.84 Å². The number of likely N-dealkylation sites (N-methyl/N-ethyl adjacent to an activating group) is 1. The molecule has 1 aromatic heterocycles. The largest absolute Gasteiger partial charge is 0.383 e. The number of methoxy groups -OCH3 is 1. The normalized spacial score (nSPS) is 12.3. The Hall–Kier alpha value is -1.33. The van der Waals surface area contributed by atoms with Crippen LogP contribution in [-0.2, 0) is 4.74 Å². The Morgan fingerprint density at radius 3 is 3.00 bits per heavy atom. The predicted molar refractivity (Wildman–Crippen MR) is 61.8 cm³/mol. The fourth-order valence-corrected chi connectivity index (χ4v) is 1.33.